The summed E-state index contributed by atoms with van der Waals surface area (Å²) in [6, 6.07) is 0. The zero-order valence-corrected chi connectivity index (χ0v) is 12.0. The molecule has 0 radical (unpaired) electrons. The number of aliphatic hydroxyl groups is 2. The highest BCUT2D eigenvalue weighted by Crippen LogP contribution is 2.66. The molecule has 2 bridgehead atoms. The Morgan fingerprint density at radius 2 is 2.20 bits per heavy atom. The molecule has 4 aliphatic rings. The van der Waals surface area contributed by atoms with Crippen molar-refractivity contribution in [3.63, 3.8) is 0 Å². The van der Waals surface area contributed by atoms with Crippen molar-refractivity contribution in [2.45, 2.75) is 50.9 Å². The smallest absolute Gasteiger partial charge is 0.144 e. The van der Waals surface area contributed by atoms with Gasteiger partial charge in [0.05, 0.1) is 6.10 Å². The van der Waals surface area contributed by atoms with Gasteiger partial charge in [0, 0.05) is 24.3 Å². The maximum absolute atomic E-state index is 12.5. The number of Topliss-reactive ketones (excluding diaryl/α,β-unsaturated/α-hetero) is 1. The first kappa shape index (κ1) is 12.8. The Morgan fingerprint density at radius 1 is 1.40 bits per heavy atom. The molecule has 20 heavy (non-hydrogen) atoms. The van der Waals surface area contributed by atoms with Crippen molar-refractivity contribution in [1.29, 1.82) is 0 Å². The Labute approximate surface area is 119 Å². The molecule has 2 saturated carbocycles. The predicted molar refractivity (Wildman–Crippen MR) is 73.5 cm³/mol. The van der Waals surface area contributed by atoms with Gasteiger partial charge in [-0.2, -0.15) is 0 Å². The van der Waals surface area contributed by atoms with Gasteiger partial charge in [-0.25, -0.2) is 0 Å². The van der Waals surface area contributed by atoms with Crippen molar-refractivity contribution in [2.75, 3.05) is 6.54 Å². The molecule has 1 spiro atoms. The number of hydrogen-bond donors (Lipinski definition) is 2. The molecule has 4 rings (SSSR count). The highest BCUT2D eigenvalue weighted by atomic mass is 16.3. The van der Waals surface area contributed by atoms with E-state index < -0.39 is 11.8 Å². The predicted octanol–water partition coefficient (Wildman–Crippen LogP) is 1.28. The van der Waals surface area contributed by atoms with Crippen LogP contribution in [0.1, 0.15) is 39.0 Å². The number of allylic oxidation sites excluding steroid dienone is 1. The van der Waals surface area contributed by atoms with Crippen molar-refractivity contribution in [2.24, 2.45) is 23.2 Å². The van der Waals surface area contributed by atoms with E-state index in [9.17, 15) is 15.0 Å². The summed E-state index contributed by atoms with van der Waals surface area (Å²) in [4.78, 5) is 14.5. The summed E-state index contributed by atoms with van der Waals surface area (Å²) < 4.78 is 0. The SMILES string of the molecule is C[C@@H]1C[C@H]2CC(=O)[C@H]3C[C@H](O)CN4C=CC[C@]23C4(O)C1. The minimum atomic E-state index is -0.946. The van der Waals surface area contributed by atoms with E-state index in [1.165, 1.54) is 0 Å². The van der Waals surface area contributed by atoms with Gasteiger partial charge in [0.25, 0.3) is 0 Å². The number of rotatable bonds is 0. The number of carbonyl (C=O) groups excluding carboxylic acids is 1. The summed E-state index contributed by atoms with van der Waals surface area (Å²) in [6.07, 6.45) is 7.14. The van der Waals surface area contributed by atoms with Gasteiger partial charge in [-0.3, -0.25) is 4.79 Å². The largest absolute Gasteiger partial charge is 0.391 e. The van der Waals surface area contributed by atoms with Crippen LogP contribution in [0.15, 0.2) is 12.3 Å². The van der Waals surface area contributed by atoms with Crippen LogP contribution in [0, 0.1) is 23.2 Å². The fraction of sp³-hybridized carbons (Fsp3) is 0.812. The van der Waals surface area contributed by atoms with Crippen LogP contribution in [0.25, 0.3) is 0 Å². The molecular formula is C16H23NO3. The molecule has 2 aliphatic carbocycles. The van der Waals surface area contributed by atoms with Gasteiger partial charge in [0.15, 0.2) is 0 Å². The molecule has 1 unspecified atom stereocenters. The van der Waals surface area contributed by atoms with Crippen molar-refractivity contribution >= 4 is 5.78 Å². The number of hydrogen-bond acceptors (Lipinski definition) is 4. The van der Waals surface area contributed by atoms with Crippen molar-refractivity contribution in [3.05, 3.63) is 12.3 Å². The molecule has 3 fully saturated rings. The molecule has 4 heteroatoms. The van der Waals surface area contributed by atoms with E-state index in [0.717, 1.165) is 12.8 Å². The maximum atomic E-state index is 12.5. The minimum Gasteiger partial charge on any atom is -0.391 e. The lowest BCUT2D eigenvalue weighted by molar-refractivity contribution is -0.236. The lowest BCUT2D eigenvalue weighted by atomic mass is 9.54. The fourth-order valence-corrected chi connectivity index (χ4v) is 5.77. The first-order valence-electron chi connectivity index (χ1n) is 7.84. The summed E-state index contributed by atoms with van der Waals surface area (Å²) in [5.41, 5.74) is -1.30. The number of aliphatic hydroxyl groups excluding tert-OH is 1. The summed E-state index contributed by atoms with van der Waals surface area (Å²) in [6.45, 7) is 2.61. The van der Waals surface area contributed by atoms with Gasteiger partial charge < -0.3 is 15.1 Å². The Bertz CT molecular complexity index is 490. The maximum Gasteiger partial charge on any atom is 0.144 e. The van der Waals surface area contributed by atoms with Crippen LogP contribution in [0.4, 0.5) is 0 Å². The van der Waals surface area contributed by atoms with Crippen LogP contribution in [0.5, 0.6) is 0 Å². The van der Waals surface area contributed by atoms with Crippen LogP contribution in [0.3, 0.4) is 0 Å². The zero-order chi connectivity index (χ0) is 14.1. The van der Waals surface area contributed by atoms with E-state index in [4.69, 9.17) is 0 Å². The Balaban J connectivity index is 1.93. The third kappa shape index (κ3) is 1.32. The van der Waals surface area contributed by atoms with Gasteiger partial charge in [-0.05, 0) is 43.7 Å². The molecule has 6 atom stereocenters. The molecular weight excluding hydrogens is 254 g/mol. The molecule has 0 aromatic carbocycles. The van der Waals surface area contributed by atoms with E-state index in [1.54, 1.807) is 0 Å². The van der Waals surface area contributed by atoms with Crippen LogP contribution in [-0.2, 0) is 4.79 Å². The topological polar surface area (TPSA) is 60.8 Å². The lowest BCUT2D eigenvalue weighted by Crippen LogP contribution is -2.65. The molecule has 110 valence electrons. The van der Waals surface area contributed by atoms with Crippen LogP contribution < -0.4 is 0 Å². The van der Waals surface area contributed by atoms with Crippen LogP contribution >= 0.6 is 0 Å². The lowest BCUT2D eigenvalue weighted by Gasteiger charge is -2.60. The van der Waals surface area contributed by atoms with Gasteiger partial charge >= 0.3 is 0 Å². The van der Waals surface area contributed by atoms with E-state index in [2.05, 4.69) is 13.0 Å². The number of carbonyl (C=O) groups is 1. The molecule has 0 aromatic rings. The van der Waals surface area contributed by atoms with Crippen molar-refractivity contribution in [3.8, 4) is 0 Å². The molecule has 2 N–H and O–H groups in total. The van der Waals surface area contributed by atoms with E-state index in [-0.39, 0.29) is 23.0 Å². The first-order chi connectivity index (χ1) is 9.47. The average molecular weight is 277 g/mol. The average Bonchev–Trinajstić information content (AvgIpc) is 2.60. The molecule has 0 amide bonds. The second kappa shape index (κ2) is 3.86. The third-order valence-electron chi connectivity index (χ3n) is 6.38. The number of nitrogens with zero attached hydrogens (tertiary/aromatic N) is 1. The second-order valence-corrected chi connectivity index (χ2v) is 7.45. The van der Waals surface area contributed by atoms with Crippen molar-refractivity contribution in [1.82, 2.24) is 4.90 Å². The van der Waals surface area contributed by atoms with Crippen LogP contribution in [-0.4, -0.2) is 39.3 Å². The van der Waals surface area contributed by atoms with Gasteiger partial charge in [0.1, 0.15) is 11.5 Å². The Morgan fingerprint density at radius 3 is 3.00 bits per heavy atom. The van der Waals surface area contributed by atoms with Crippen molar-refractivity contribution < 1.29 is 15.0 Å². The summed E-state index contributed by atoms with van der Waals surface area (Å²) in [7, 11) is 0. The standard InChI is InChI=1S/C16H23NO3/c1-10-5-11-6-14(19)13-7-12(18)9-17-4-2-3-15(11,13)16(17,20)8-10/h2,4,10-13,18,20H,3,5-9H2,1H3/t10-,11+,12+,13-,15+,16?/m1/s1. The van der Waals surface area contributed by atoms with Gasteiger partial charge in [-0.15, -0.1) is 0 Å². The summed E-state index contributed by atoms with van der Waals surface area (Å²) in [5, 5.41) is 21.8. The molecule has 2 aliphatic heterocycles. The van der Waals surface area contributed by atoms with E-state index in [1.807, 2.05) is 11.1 Å². The Kier molecular flexibility index (Phi) is 2.48. The highest BCUT2D eigenvalue weighted by Gasteiger charge is 2.70. The highest BCUT2D eigenvalue weighted by molar-refractivity contribution is 5.85. The normalized spacial score (nSPS) is 53.8. The summed E-state index contributed by atoms with van der Waals surface area (Å²) in [5.74, 6) is 0.786. The van der Waals surface area contributed by atoms with Gasteiger partial charge in [-0.1, -0.05) is 13.0 Å². The zero-order valence-electron chi connectivity index (χ0n) is 12.0. The molecule has 0 aromatic heterocycles. The fourth-order valence-electron chi connectivity index (χ4n) is 5.77. The number of ketones is 1. The quantitative estimate of drug-likeness (QED) is 0.700. The van der Waals surface area contributed by atoms with Gasteiger partial charge in [0.2, 0.25) is 0 Å². The second-order valence-electron chi connectivity index (χ2n) is 7.45. The monoisotopic (exact) mass is 277 g/mol. The minimum absolute atomic E-state index is 0.171. The van der Waals surface area contributed by atoms with E-state index >= 15 is 0 Å². The summed E-state index contributed by atoms with van der Waals surface area (Å²) >= 11 is 0. The molecule has 1 saturated heterocycles. The molecule has 2 heterocycles. The third-order valence-corrected chi connectivity index (χ3v) is 6.38. The van der Waals surface area contributed by atoms with E-state index in [0.29, 0.717) is 31.7 Å². The first-order valence-corrected chi connectivity index (χ1v) is 7.84. The Hall–Kier alpha value is -0.870. The van der Waals surface area contributed by atoms with Crippen LogP contribution in [0.2, 0.25) is 0 Å². The molecule has 4 nitrogen and oxygen atoms in total.